The first-order chi connectivity index (χ1) is 22.4. The van der Waals surface area contributed by atoms with Crippen LogP contribution in [-0.4, -0.2) is 92.7 Å². The molecule has 10 atom stereocenters. The van der Waals surface area contributed by atoms with Crippen LogP contribution in [0.1, 0.15) is 19.4 Å². The predicted molar refractivity (Wildman–Crippen MR) is 171 cm³/mol. The van der Waals surface area contributed by atoms with Gasteiger partial charge in [-0.25, -0.2) is 13.9 Å². The minimum Gasteiger partial charge on any atom is -0.390 e. The summed E-state index contributed by atoms with van der Waals surface area (Å²) in [5.74, 6) is -1.32. The van der Waals surface area contributed by atoms with E-state index in [0.29, 0.717) is 11.3 Å². The lowest BCUT2D eigenvalue weighted by Gasteiger charge is -2.26. The number of imidazole rings is 1. The molecule has 4 aromatic rings. The number of nitrogen functional groups attached to an aromatic ring is 2. The van der Waals surface area contributed by atoms with Crippen molar-refractivity contribution in [2.45, 2.75) is 50.0 Å². The number of anilines is 2. The zero-order valence-electron chi connectivity index (χ0n) is 24.1. The largest absolute Gasteiger partial charge is 0.390 e. The summed E-state index contributed by atoms with van der Waals surface area (Å²) in [6, 6.07) is 0. The minimum absolute atomic E-state index is 0.0138. The number of aliphatic hydroxyl groups is 1. The van der Waals surface area contributed by atoms with Gasteiger partial charge in [0.05, 0.1) is 25.6 Å². The van der Waals surface area contributed by atoms with Crippen LogP contribution in [0.5, 0.6) is 0 Å². The third-order valence-corrected chi connectivity index (χ3v) is 10.8. The van der Waals surface area contributed by atoms with E-state index in [0.717, 1.165) is 15.5 Å². The second-order valence-corrected chi connectivity index (χ2v) is 17.2. The number of nitrogens with one attached hydrogen (secondary N) is 2. The van der Waals surface area contributed by atoms with Gasteiger partial charge >= 0.3 is 18.4 Å². The van der Waals surface area contributed by atoms with Crippen LogP contribution in [0.2, 0.25) is 0 Å². The van der Waals surface area contributed by atoms with Crippen molar-refractivity contribution < 1.29 is 46.9 Å². The molecule has 27 heteroatoms. The summed E-state index contributed by atoms with van der Waals surface area (Å²) in [7, 11) is 0. The number of nitrogens with two attached hydrogens (primary N) is 2. The number of ether oxygens (including phenoxy) is 2. The summed E-state index contributed by atoms with van der Waals surface area (Å²) < 4.78 is 57.1. The third-order valence-electron chi connectivity index (χ3n) is 7.49. The van der Waals surface area contributed by atoms with Crippen LogP contribution in [0.15, 0.2) is 20.7 Å². The first-order valence-electron chi connectivity index (χ1n) is 13.6. The Morgan fingerprint density at radius 2 is 1.71 bits per heavy atom. The number of hydrogen-bond acceptors (Lipinski definition) is 17. The first-order valence-corrected chi connectivity index (χ1v) is 19.7. The van der Waals surface area contributed by atoms with Crippen LogP contribution in [0.3, 0.4) is 0 Å². The average molecular weight is 774 g/mol. The molecular weight excluding hydrogens is 747 g/mol. The average Bonchev–Trinajstić information content (AvgIpc) is 3.70. The Bertz CT molecular complexity index is 2150. The molecule has 2 fully saturated rings. The lowest BCUT2D eigenvalue weighted by molar-refractivity contribution is -0.0501. The molecule has 48 heavy (non-hydrogen) atoms. The van der Waals surface area contributed by atoms with Crippen molar-refractivity contribution in [3.63, 3.8) is 0 Å². The van der Waals surface area contributed by atoms with Gasteiger partial charge in [0.2, 0.25) is 11.9 Å². The number of fused-ring (bicyclic) bond motifs is 2. The molecule has 4 aromatic heterocycles. The summed E-state index contributed by atoms with van der Waals surface area (Å²) >= 11 is 9.14. The molecule has 0 amide bonds. The van der Waals surface area contributed by atoms with Crippen molar-refractivity contribution in [3.8, 4) is 0 Å². The fraction of sp³-hybridized carbons (Fsp3) is 0.524. The van der Waals surface area contributed by atoms with E-state index in [1.807, 2.05) is 0 Å². The van der Waals surface area contributed by atoms with E-state index in [4.69, 9.17) is 46.3 Å². The number of rotatable bonds is 10. The van der Waals surface area contributed by atoms with Crippen LogP contribution in [0.25, 0.3) is 21.5 Å². The molecule has 3 unspecified atom stereocenters. The van der Waals surface area contributed by atoms with Crippen molar-refractivity contribution in [1.29, 1.82) is 0 Å². The van der Waals surface area contributed by atoms with E-state index in [2.05, 4.69) is 37.2 Å². The Morgan fingerprint density at radius 3 is 2.40 bits per heavy atom. The first kappa shape index (κ1) is 35.2. The number of aromatic nitrogens is 7. The summed E-state index contributed by atoms with van der Waals surface area (Å²) in [4.78, 5) is 73.6. The minimum atomic E-state index is -4.43. The van der Waals surface area contributed by atoms with Gasteiger partial charge in [0.25, 0.3) is 11.1 Å². The maximum Gasteiger partial charge on any atom is 0.383 e. The molecule has 9 N–H and O–H groups in total. The molecule has 6 heterocycles. The molecule has 2 saturated heterocycles. The fourth-order valence-corrected chi connectivity index (χ4v) is 8.14. The second-order valence-electron chi connectivity index (χ2n) is 10.7. The Labute approximate surface area is 279 Å². The van der Waals surface area contributed by atoms with Gasteiger partial charge in [-0.15, -0.1) is 0 Å². The van der Waals surface area contributed by atoms with Crippen LogP contribution >= 0.6 is 37.1 Å². The standard InChI is InChI=1S/C21H26FN9O12P2S3/c1-5-10(32)6(41-17(5)31-14-12(48-21(31)35)16(34)29-20(24)27-14)2-40-45(38,47)43-11-7(3-39-44(36,37)46)42-18(8(11)22)30-4-25-9-13(30)26-19(23)28-15(9)33/h4-8,10-11,17-18,32H,2-3H2,1H3,(H,38,47)(H2,36,37,46)(H3,23,26,28,33)(H3,24,27,29,34)/t5-,6-,7-,8-,10-,11?,17-,18-,45?/m1/s1. The van der Waals surface area contributed by atoms with Crippen molar-refractivity contribution in [2.24, 2.45) is 5.92 Å². The summed E-state index contributed by atoms with van der Waals surface area (Å²) in [5, 5.41) is 10.9. The van der Waals surface area contributed by atoms with Gasteiger partial charge in [0.1, 0.15) is 29.2 Å². The Kier molecular flexibility index (Phi) is 9.47. The van der Waals surface area contributed by atoms with Gasteiger partial charge < -0.3 is 40.4 Å². The molecule has 2 aliphatic rings. The molecule has 0 saturated carbocycles. The number of alkyl halides is 1. The predicted octanol–water partition coefficient (Wildman–Crippen LogP) is -0.761. The quantitative estimate of drug-likeness (QED) is 0.0725. The highest BCUT2D eigenvalue weighted by Gasteiger charge is 2.51. The topological polar surface area (TPSA) is 307 Å². The fourth-order valence-electron chi connectivity index (χ4n) is 5.32. The Morgan fingerprint density at radius 1 is 1.08 bits per heavy atom. The van der Waals surface area contributed by atoms with E-state index < -0.39 is 91.7 Å². The van der Waals surface area contributed by atoms with E-state index in [9.17, 15) is 33.8 Å². The number of hydrogen-bond donors (Lipinski definition) is 8. The number of halogens is 1. The van der Waals surface area contributed by atoms with E-state index >= 15 is 4.39 Å². The number of H-pyrrole nitrogens is 2. The SMILES string of the molecule is C[C@@H]1[C@@H](O)[C@@H](COP(O)(=S)OC2[C@@H](F)[C@H](n3cnc4c(=O)[nH]c(N)nc43)O[C@@H]2COP(=O)(O)S)O[C@H]1n1c(=O)sc2c(=O)[nH]c(N)nc21. The molecule has 2 aliphatic heterocycles. The maximum absolute atomic E-state index is 16.0. The van der Waals surface area contributed by atoms with Crippen LogP contribution < -0.4 is 27.5 Å². The van der Waals surface area contributed by atoms with Crippen LogP contribution in [0, 0.1) is 5.92 Å². The molecule has 0 radical (unpaired) electrons. The number of thiol groups is 1. The maximum atomic E-state index is 16.0. The highest BCUT2D eigenvalue weighted by atomic mass is 32.7. The van der Waals surface area contributed by atoms with Gasteiger partial charge in [-0.3, -0.25) is 42.5 Å². The van der Waals surface area contributed by atoms with E-state index in [-0.39, 0.29) is 33.4 Å². The molecule has 262 valence electrons. The number of nitrogens with zero attached hydrogens (tertiary/aromatic N) is 5. The Hall–Kier alpha value is -2.64. The van der Waals surface area contributed by atoms with Crippen molar-refractivity contribution in [2.75, 3.05) is 24.7 Å². The summed E-state index contributed by atoms with van der Waals surface area (Å²) in [5.41, 5.74) is 9.49. The molecule has 0 aliphatic carbocycles. The van der Waals surface area contributed by atoms with Crippen LogP contribution in [0.4, 0.5) is 16.3 Å². The van der Waals surface area contributed by atoms with Gasteiger partial charge in [0, 0.05) is 5.92 Å². The normalized spacial score (nSPS) is 30.2. The van der Waals surface area contributed by atoms with Gasteiger partial charge in [-0.05, 0) is 11.8 Å². The van der Waals surface area contributed by atoms with Gasteiger partial charge in [0.15, 0.2) is 29.2 Å². The van der Waals surface area contributed by atoms with Crippen molar-refractivity contribution in [3.05, 3.63) is 36.7 Å². The Balaban J connectivity index is 1.20. The molecular formula is C21H26FN9O12P2S3. The smallest absolute Gasteiger partial charge is 0.383 e. The molecule has 0 bridgehead atoms. The molecule has 21 nitrogen and oxygen atoms in total. The van der Waals surface area contributed by atoms with Crippen molar-refractivity contribution >= 4 is 82.3 Å². The van der Waals surface area contributed by atoms with Crippen LogP contribution in [-0.2, 0) is 39.4 Å². The highest BCUT2D eigenvalue weighted by molar-refractivity contribution is 8.44. The third kappa shape index (κ3) is 6.75. The van der Waals surface area contributed by atoms with E-state index in [1.54, 1.807) is 6.92 Å². The highest BCUT2D eigenvalue weighted by Crippen LogP contribution is 2.52. The monoisotopic (exact) mass is 773 g/mol. The zero-order valence-corrected chi connectivity index (χ0v) is 28.4. The molecule has 6 rings (SSSR count). The zero-order chi connectivity index (χ0) is 34.9. The van der Waals surface area contributed by atoms with Gasteiger partial charge in [-0.1, -0.05) is 30.5 Å². The van der Waals surface area contributed by atoms with Crippen molar-refractivity contribution in [1.82, 2.24) is 34.1 Å². The lowest BCUT2D eigenvalue weighted by atomic mass is 10.0. The van der Waals surface area contributed by atoms with E-state index in [1.165, 1.54) is 0 Å². The van der Waals surface area contributed by atoms with Gasteiger partial charge in [-0.2, -0.15) is 9.97 Å². The lowest BCUT2D eigenvalue weighted by Crippen LogP contribution is -2.34. The molecule has 0 aromatic carbocycles. The molecule has 0 spiro atoms. The second kappa shape index (κ2) is 12.9. The summed E-state index contributed by atoms with van der Waals surface area (Å²) in [6.45, 7) is -8.66. The summed E-state index contributed by atoms with van der Waals surface area (Å²) in [6.07, 6.45) is -9.75. The number of thiazole rings is 1. The number of aliphatic hydroxyl groups excluding tert-OH is 1. The number of aromatic amines is 2.